The number of hydrogen-bond acceptors (Lipinski definition) is 7. The van der Waals surface area contributed by atoms with Gasteiger partial charge in [-0.3, -0.25) is 4.79 Å². The van der Waals surface area contributed by atoms with Crippen molar-refractivity contribution < 1.29 is 27.8 Å². The second kappa shape index (κ2) is 12.6. The Kier molecular flexibility index (Phi) is 9.24. The minimum absolute atomic E-state index is 0.0296. The molecule has 0 saturated heterocycles. The molecular weight excluding hydrogens is 530 g/mol. The van der Waals surface area contributed by atoms with Gasteiger partial charge in [0.2, 0.25) is 15.9 Å². The number of likely N-dealkylation sites (N-methyl/N-ethyl adjacent to an activating group) is 1. The fourth-order valence-electron chi connectivity index (χ4n) is 4.46. The number of carbonyl (C=O) groups is 1. The predicted octanol–water partition coefficient (Wildman–Crippen LogP) is 3.80. The van der Waals surface area contributed by atoms with Crippen molar-refractivity contribution >= 4 is 28.1 Å². The van der Waals surface area contributed by atoms with Gasteiger partial charge in [-0.2, -0.15) is 4.31 Å². The van der Waals surface area contributed by atoms with Gasteiger partial charge < -0.3 is 19.5 Å². The van der Waals surface area contributed by atoms with Crippen molar-refractivity contribution in [1.82, 2.24) is 14.2 Å². The van der Waals surface area contributed by atoms with Crippen LogP contribution in [0.2, 0.25) is 0 Å². The topological polar surface area (TPSA) is 109 Å². The van der Waals surface area contributed by atoms with Crippen LogP contribution in [0.1, 0.15) is 35.3 Å². The number of aliphatic hydroxyl groups is 1. The highest BCUT2D eigenvalue weighted by Gasteiger charge is 2.35. The van der Waals surface area contributed by atoms with Crippen LogP contribution in [0, 0.1) is 5.92 Å². The molecule has 0 radical (unpaired) electrons. The quantitative estimate of drug-likeness (QED) is 0.420. The standard InChI is InChI=1S/C30H35N3O6S/c1-21-18-33(22(2)20-34)30(35)27-16-24(11-10-23-8-6-5-7-9-23)17-31-29(27)39-28(21)19-32(3)40(36,37)26-14-12-25(38-4)13-15-26/h5-17,21-22,28,34H,18-20H2,1-4H3/b11-10+/t21-,22-,28+/m0/s1. The summed E-state index contributed by atoms with van der Waals surface area (Å²) in [5.74, 6) is 0.119. The highest BCUT2D eigenvalue weighted by atomic mass is 32.2. The average molecular weight is 566 g/mol. The summed E-state index contributed by atoms with van der Waals surface area (Å²) in [6.07, 6.45) is 4.79. The van der Waals surface area contributed by atoms with Crippen molar-refractivity contribution in [3.63, 3.8) is 0 Å². The summed E-state index contributed by atoms with van der Waals surface area (Å²) in [6.45, 7) is 3.75. The number of aromatic nitrogens is 1. The summed E-state index contributed by atoms with van der Waals surface area (Å²) in [7, 11) is -0.807. The number of benzene rings is 2. The van der Waals surface area contributed by atoms with Gasteiger partial charge in [0.25, 0.3) is 5.91 Å². The molecule has 0 spiro atoms. The lowest BCUT2D eigenvalue weighted by Crippen LogP contribution is -2.50. The highest BCUT2D eigenvalue weighted by molar-refractivity contribution is 7.89. The van der Waals surface area contributed by atoms with E-state index in [9.17, 15) is 18.3 Å². The first-order valence-corrected chi connectivity index (χ1v) is 14.5. The minimum Gasteiger partial charge on any atom is -0.497 e. The van der Waals surface area contributed by atoms with Gasteiger partial charge in [0.1, 0.15) is 17.4 Å². The maximum Gasteiger partial charge on any atom is 0.259 e. The van der Waals surface area contributed by atoms with Gasteiger partial charge in [-0.1, -0.05) is 49.4 Å². The van der Waals surface area contributed by atoms with E-state index in [-0.39, 0.29) is 47.9 Å². The molecule has 0 aliphatic carbocycles. The Morgan fingerprint density at radius 2 is 1.82 bits per heavy atom. The smallest absolute Gasteiger partial charge is 0.259 e. The average Bonchev–Trinajstić information content (AvgIpc) is 2.98. The molecule has 0 saturated carbocycles. The van der Waals surface area contributed by atoms with E-state index in [1.165, 1.54) is 30.6 Å². The minimum atomic E-state index is -3.82. The van der Waals surface area contributed by atoms with E-state index in [1.807, 2.05) is 49.4 Å². The number of ether oxygens (including phenoxy) is 2. The van der Waals surface area contributed by atoms with E-state index in [0.29, 0.717) is 11.3 Å². The Balaban J connectivity index is 1.65. The monoisotopic (exact) mass is 565 g/mol. The number of aliphatic hydroxyl groups excluding tert-OH is 1. The number of nitrogens with zero attached hydrogens (tertiary/aromatic N) is 3. The maximum atomic E-state index is 13.6. The summed E-state index contributed by atoms with van der Waals surface area (Å²) in [4.78, 5) is 19.8. The third-order valence-corrected chi connectivity index (χ3v) is 8.85. The fraction of sp³-hybridized carbons (Fsp3) is 0.333. The number of carbonyl (C=O) groups excluding carboxylic acids is 1. The number of sulfonamides is 1. The van der Waals surface area contributed by atoms with Crippen LogP contribution < -0.4 is 9.47 Å². The van der Waals surface area contributed by atoms with E-state index in [1.54, 1.807) is 36.2 Å². The Morgan fingerprint density at radius 1 is 1.15 bits per heavy atom. The highest BCUT2D eigenvalue weighted by Crippen LogP contribution is 2.29. The number of amides is 1. The summed E-state index contributed by atoms with van der Waals surface area (Å²) in [5.41, 5.74) is 1.97. The molecule has 1 aromatic heterocycles. The van der Waals surface area contributed by atoms with E-state index in [0.717, 1.165) is 5.56 Å². The molecule has 1 amide bonds. The van der Waals surface area contributed by atoms with Gasteiger partial charge in [0.05, 0.1) is 31.2 Å². The van der Waals surface area contributed by atoms with Crippen molar-refractivity contribution in [2.75, 3.05) is 33.9 Å². The first-order chi connectivity index (χ1) is 19.1. The Hall–Kier alpha value is -3.73. The summed E-state index contributed by atoms with van der Waals surface area (Å²) in [5, 5.41) is 9.90. The molecule has 40 heavy (non-hydrogen) atoms. The number of pyridine rings is 1. The lowest BCUT2D eigenvalue weighted by Gasteiger charge is -2.37. The lowest BCUT2D eigenvalue weighted by molar-refractivity contribution is 0.0373. The van der Waals surface area contributed by atoms with Gasteiger partial charge in [0.15, 0.2) is 0 Å². The molecule has 2 aromatic carbocycles. The van der Waals surface area contributed by atoms with Gasteiger partial charge in [-0.25, -0.2) is 13.4 Å². The molecule has 0 fully saturated rings. The largest absolute Gasteiger partial charge is 0.497 e. The van der Waals surface area contributed by atoms with Crippen LogP contribution in [-0.2, 0) is 10.0 Å². The van der Waals surface area contributed by atoms with Crippen LogP contribution in [0.25, 0.3) is 12.2 Å². The number of methoxy groups -OCH3 is 1. The lowest BCUT2D eigenvalue weighted by atomic mass is 10.00. The van der Waals surface area contributed by atoms with Crippen molar-refractivity contribution in [2.24, 2.45) is 5.92 Å². The molecule has 9 nitrogen and oxygen atoms in total. The third kappa shape index (κ3) is 6.52. The fourth-order valence-corrected chi connectivity index (χ4v) is 5.65. The van der Waals surface area contributed by atoms with E-state index >= 15 is 0 Å². The molecule has 0 bridgehead atoms. The van der Waals surface area contributed by atoms with Crippen LogP contribution in [0.5, 0.6) is 11.6 Å². The van der Waals surface area contributed by atoms with Crippen LogP contribution in [0.15, 0.2) is 71.8 Å². The molecule has 3 atom stereocenters. The normalized spacial score (nSPS) is 18.6. The molecule has 1 aliphatic heterocycles. The molecule has 0 unspecified atom stereocenters. The Bertz CT molecular complexity index is 1440. The van der Waals surface area contributed by atoms with E-state index < -0.39 is 22.2 Å². The summed E-state index contributed by atoms with van der Waals surface area (Å²) >= 11 is 0. The van der Waals surface area contributed by atoms with Gasteiger partial charge in [-0.15, -0.1) is 0 Å². The molecule has 2 heterocycles. The number of rotatable bonds is 9. The zero-order valence-corrected chi connectivity index (χ0v) is 23.9. The van der Waals surface area contributed by atoms with Crippen LogP contribution in [-0.4, -0.2) is 79.6 Å². The first kappa shape index (κ1) is 29.3. The Morgan fingerprint density at radius 3 is 2.48 bits per heavy atom. The van der Waals surface area contributed by atoms with Gasteiger partial charge in [0, 0.05) is 25.7 Å². The van der Waals surface area contributed by atoms with Gasteiger partial charge >= 0.3 is 0 Å². The van der Waals surface area contributed by atoms with Crippen molar-refractivity contribution in [3.05, 3.63) is 83.6 Å². The van der Waals surface area contributed by atoms with Crippen molar-refractivity contribution in [1.29, 1.82) is 0 Å². The molecule has 4 rings (SSSR count). The van der Waals surface area contributed by atoms with Crippen molar-refractivity contribution in [2.45, 2.75) is 30.9 Å². The van der Waals surface area contributed by atoms with E-state index in [2.05, 4.69) is 4.98 Å². The SMILES string of the molecule is COc1ccc(S(=O)(=O)N(C)C[C@H]2Oc3ncc(/C=C/c4ccccc4)cc3C(=O)N([C@@H](C)CO)C[C@@H]2C)cc1. The molecule has 3 aromatic rings. The zero-order valence-electron chi connectivity index (χ0n) is 23.1. The second-order valence-corrected chi connectivity index (χ2v) is 12.0. The second-order valence-electron chi connectivity index (χ2n) is 9.95. The maximum absolute atomic E-state index is 13.6. The van der Waals surface area contributed by atoms with Crippen LogP contribution in [0.4, 0.5) is 0 Å². The first-order valence-electron chi connectivity index (χ1n) is 13.1. The summed E-state index contributed by atoms with van der Waals surface area (Å²) < 4.78 is 39.3. The molecule has 10 heteroatoms. The molecule has 212 valence electrons. The van der Waals surface area contributed by atoms with Crippen LogP contribution in [0.3, 0.4) is 0 Å². The predicted molar refractivity (Wildman–Crippen MR) is 154 cm³/mol. The van der Waals surface area contributed by atoms with E-state index in [4.69, 9.17) is 9.47 Å². The Labute approximate surface area is 235 Å². The van der Waals surface area contributed by atoms with Crippen molar-refractivity contribution in [3.8, 4) is 11.6 Å². The van der Waals surface area contributed by atoms with Gasteiger partial charge in [-0.05, 0) is 48.4 Å². The molecular formula is C30H35N3O6S. The zero-order chi connectivity index (χ0) is 28.9. The molecule has 1 N–H and O–H groups in total. The molecule has 1 aliphatic rings. The summed E-state index contributed by atoms with van der Waals surface area (Å²) in [6, 6.07) is 17.2. The van der Waals surface area contributed by atoms with Crippen LogP contribution >= 0.6 is 0 Å². The third-order valence-electron chi connectivity index (χ3n) is 7.01. The number of hydrogen-bond donors (Lipinski definition) is 1. The number of fused-ring (bicyclic) bond motifs is 1.